The third-order valence-electron chi connectivity index (χ3n) is 3.34. The van der Waals surface area contributed by atoms with Gasteiger partial charge < -0.3 is 9.84 Å². The van der Waals surface area contributed by atoms with Crippen LogP contribution in [0.5, 0.6) is 5.75 Å². The Balaban J connectivity index is 2.21. The van der Waals surface area contributed by atoms with Gasteiger partial charge in [-0.15, -0.1) is 0 Å². The zero-order valence-corrected chi connectivity index (χ0v) is 11.7. The summed E-state index contributed by atoms with van der Waals surface area (Å²) in [6.07, 6.45) is 0.598. The van der Waals surface area contributed by atoms with Crippen LogP contribution in [0.2, 0.25) is 0 Å². The number of methoxy groups -OCH3 is 1. The molecule has 2 heteroatoms. The quantitative estimate of drug-likeness (QED) is 0.907. The predicted molar refractivity (Wildman–Crippen MR) is 77.4 cm³/mol. The van der Waals surface area contributed by atoms with Gasteiger partial charge in [0.1, 0.15) is 5.75 Å². The summed E-state index contributed by atoms with van der Waals surface area (Å²) in [4.78, 5) is 0. The minimum Gasteiger partial charge on any atom is -0.497 e. The van der Waals surface area contributed by atoms with E-state index in [4.69, 9.17) is 4.74 Å². The minimum atomic E-state index is -0.875. The van der Waals surface area contributed by atoms with E-state index in [0.717, 1.165) is 16.9 Å². The molecule has 1 N–H and O–H groups in total. The fourth-order valence-electron chi connectivity index (χ4n) is 2.27. The van der Waals surface area contributed by atoms with Crippen molar-refractivity contribution >= 4 is 0 Å². The van der Waals surface area contributed by atoms with Crippen molar-refractivity contribution in [3.8, 4) is 5.75 Å². The largest absolute Gasteiger partial charge is 0.497 e. The number of aryl methyl sites for hydroxylation is 1. The summed E-state index contributed by atoms with van der Waals surface area (Å²) >= 11 is 0. The first-order chi connectivity index (χ1) is 9.01. The molecule has 0 bridgehead atoms. The molecule has 0 aromatic heterocycles. The number of benzene rings is 2. The van der Waals surface area contributed by atoms with E-state index in [-0.39, 0.29) is 0 Å². The molecule has 2 aromatic carbocycles. The lowest BCUT2D eigenvalue weighted by atomic mass is 9.88. The third kappa shape index (κ3) is 3.36. The maximum absolute atomic E-state index is 10.7. The number of ether oxygens (including phenoxy) is 1. The molecule has 100 valence electrons. The first-order valence-corrected chi connectivity index (χ1v) is 6.44. The normalized spacial score (nSPS) is 13.9. The molecule has 2 aromatic rings. The van der Waals surface area contributed by atoms with Gasteiger partial charge in [0.25, 0.3) is 0 Å². The van der Waals surface area contributed by atoms with Gasteiger partial charge in [-0.2, -0.15) is 0 Å². The summed E-state index contributed by atoms with van der Waals surface area (Å²) < 4.78 is 5.13. The summed E-state index contributed by atoms with van der Waals surface area (Å²) in [6.45, 7) is 3.91. The molecule has 0 fully saturated rings. The van der Waals surface area contributed by atoms with Crippen molar-refractivity contribution in [2.24, 2.45) is 0 Å². The zero-order chi connectivity index (χ0) is 13.9. The second kappa shape index (κ2) is 5.45. The van der Waals surface area contributed by atoms with Crippen molar-refractivity contribution in [3.05, 3.63) is 65.2 Å². The van der Waals surface area contributed by atoms with Gasteiger partial charge >= 0.3 is 0 Å². The van der Waals surface area contributed by atoms with E-state index < -0.39 is 5.60 Å². The molecular formula is C17H20O2. The van der Waals surface area contributed by atoms with E-state index in [0.29, 0.717) is 6.42 Å². The highest BCUT2D eigenvalue weighted by Crippen LogP contribution is 2.27. The minimum absolute atomic E-state index is 0.598. The first kappa shape index (κ1) is 13.6. The Hall–Kier alpha value is -1.80. The van der Waals surface area contributed by atoms with Crippen LogP contribution in [0.3, 0.4) is 0 Å². The van der Waals surface area contributed by atoms with E-state index in [1.165, 1.54) is 5.56 Å². The number of rotatable bonds is 4. The van der Waals surface area contributed by atoms with Crippen molar-refractivity contribution < 1.29 is 9.84 Å². The monoisotopic (exact) mass is 256 g/mol. The van der Waals surface area contributed by atoms with Crippen LogP contribution in [0.1, 0.15) is 23.6 Å². The smallest absolute Gasteiger partial charge is 0.118 e. The van der Waals surface area contributed by atoms with Crippen LogP contribution >= 0.6 is 0 Å². The molecule has 0 spiro atoms. The Labute approximate surface area is 114 Å². The van der Waals surface area contributed by atoms with Crippen molar-refractivity contribution in [2.75, 3.05) is 7.11 Å². The molecule has 0 aliphatic heterocycles. The van der Waals surface area contributed by atoms with Gasteiger partial charge in [-0.3, -0.25) is 0 Å². The molecule has 2 nitrogen and oxygen atoms in total. The van der Waals surface area contributed by atoms with Crippen LogP contribution in [-0.4, -0.2) is 12.2 Å². The van der Waals surface area contributed by atoms with Crippen molar-refractivity contribution in [1.29, 1.82) is 0 Å². The summed E-state index contributed by atoms with van der Waals surface area (Å²) in [5.74, 6) is 0.801. The van der Waals surface area contributed by atoms with Gasteiger partial charge in [-0.1, -0.05) is 42.0 Å². The van der Waals surface area contributed by atoms with Crippen LogP contribution in [-0.2, 0) is 12.0 Å². The van der Waals surface area contributed by atoms with Crippen LogP contribution in [0, 0.1) is 6.92 Å². The molecule has 0 aliphatic carbocycles. The van der Waals surface area contributed by atoms with E-state index in [1.807, 2.05) is 43.3 Å². The van der Waals surface area contributed by atoms with Crippen LogP contribution < -0.4 is 4.74 Å². The van der Waals surface area contributed by atoms with Gasteiger partial charge in [0, 0.05) is 6.42 Å². The Morgan fingerprint density at radius 1 is 1.11 bits per heavy atom. The maximum Gasteiger partial charge on any atom is 0.118 e. The molecule has 0 saturated heterocycles. The van der Waals surface area contributed by atoms with Gasteiger partial charge in [0.2, 0.25) is 0 Å². The molecule has 1 atom stereocenters. The number of hydrogen-bond donors (Lipinski definition) is 1. The second-order valence-corrected chi connectivity index (χ2v) is 5.17. The number of hydrogen-bond acceptors (Lipinski definition) is 2. The molecule has 0 saturated carbocycles. The fraction of sp³-hybridized carbons (Fsp3) is 0.294. The lowest BCUT2D eigenvalue weighted by molar-refractivity contribution is 0.0576. The van der Waals surface area contributed by atoms with Crippen molar-refractivity contribution in [1.82, 2.24) is 0 Å². The zero-order valence-electron chi connectivity index (χ0n) is 11.7. The van der Waals surface area contributed by atoms with E-state index >= 15 is 0 Å². The van der Waals surface area contributed by atoms with Crippen LogP contribution in [0.4, 0.5) is 0 Å². The Bertz CT molecular complexity index is 541. The lowest BCUT2D eigenvalue weighted by Gasteiger charge is -2.24. The molecule has 0 amide bonds. The van der Waals surface area contributed by atoms with Crippen LogP contribution in [0.25, 0.3) is 0 Å². The van der Waals surface area contributed by atoms with Gasteiger partial charge in [-0.25, -0.2) is 0 Å². The standard InChI is InChI=1S/C17H20O2/c1-13-5-4-6-14(11-13)12-17(2,18)15-7-9-16(19-3)10-8-15/h4-11,18H,12H2,1-3H3. The SMILES string of the molecule is COc1ccc(C(C)(O)Cc2cccc(C)c2)cc1. The van der Waals surface area contributed by atoms with Gasteiger partial charge in [0.05, 0.1) is 12.7 Å². The molecule has 2 rings (SSSR count). The predicted octanol–water partition coefficient (Wildman–Crippen LogP) is 3.45. The Morgan fingerprint density at radius 3 is 2.37 bits per heavy atom. The van der Waals surface area contributed by atoms with Crippen molar-refractivity contribution in [2.45, 2.75) is 25.9 Å². The van der Waals surface area contributed by atoms with E-state index in [2.05, 4.69) is 19.1 Å². The summed E-state index contributed by atoms with van der Waals surface area (Å²) in [7, 11) is 1.64. The molecule has 1 unspecified atom stereocenters. The average Bonchev–Trinajstić information content (AvgIpc) is 2.38. The molecule has 0 radical (unpaired) electrons. The molecular weight excluding hydrogens is 236 g/mol. The first-order valence-electron chi connectivity index (χ1n) is 6.44. The van der Waals surface area contributed by atoms with Gasteiger partial charge in [-0.05, 0) is 37.1 Å². The Kier molecular flexibility index (Phi) is 3.91. The molecule has 0 aliphatic rings. The molecule has 0 heterocycles. The highest BCUT2D eigenvalue weighted by atomic mass is 16.5. The highest BCUT2D eigenvalue weighted by Gasteiger charge is 2.23. The van der Waals surface area contributed by atoms with E-state index in [1.54, 1.807) is 7.11 Å². The topological polar surface area (TPSA) is 29.5 Å². The Morgan fingerprint density at radius 2 is 1.79 bits per heavy atom. The second-order valence-electron chi connectivity index (χ2n) is 5.17. The maximum atomic E-state index is 10.7. The van der Waals surface area contributed by atoms with Gasteiger partial charge in [0.15, 0.2) is 0 Å². The van der Waals surface area contributed by atoms with E-state index in [9.17, 15) is 5.11 Å². The van der Waals surface area contributed by atoms with Crippen molar-refractivity contribution in [3.63, 3.8) is 0 Å². The number of aliphatic hydroxyl groups is 1. The summed E-state index contributed by atoms with van der Waals surface area (Å²) in [5.41, 5.74) is 2.37. The average molecular weight is 256 g/mol. The summed E-state index contributed by atoms with van der Waals surface area (Å²) in [5, 5.41) is 10.7. The highest BCUT2D eigenvalue weighted by molar-refractivity contribution is 5.32. The summed E-state index contributed by atoms with van der Waals surface area (Å²) in [6, 6.07) is 15.8. The lowest BCUT2D eigenvalue weighted by Crippen LogP contribution is -2.24. The third-order valence-corrected chi connectivity index (χ3v) is 3.34. The molecule has 19 heavy (non-hydrogen) atoms. The fourth-order valence-corrected chi connectivity index (χ4v) is 2.27. The van der Waals surface area contributed by atoms with Crippen LogP contribution in [0.15, 0.2) is 48.5 Å².